The number of benzene rings is 1. The van der Waals surface area contributed by atoms with Gasteiger partial charge < -0.3 is 4.52 Å². The fourth-order valence-electron chi connectivity index (χ4n) is 3.32. The summed E-state index contributed by atoms with van der Waals surface area (Å²) in [5.74, 6) is 0.485. The van der Waals surface area contributed by atoms with E-state index in [0.29, 0.717) is 22.1 Å². The molecule has 0 N–H and O–H groups in total. The summed E-state index contributed by atoms with van der Waals surface area (Å²) in [7, 11) is -4.04. The molecule has 0 spiro atoms. The van der Waals surface area contributed by atoms with E-state index >= 15 is 0 Å². The average molecular weight is 483 g/mol. The molecule has 33 heavy (non-hydrogen) atoms. The second kappa shape index (κ2) is 7.94. The van der Waals surface area contributed by atoms with E-state index in [4.69, 9.17) is 16.1 Å². The average Bonchev–Trinajstić information content (AvgIpc) is 3.26. The van der Waals surface area contributed by atoms with Crippen molar-refractivity contribution in [2.45, 2.75) is 13.5 Å². The Morgan fingerprint density at radius 3 is 2.67 bits per heavy atom. The maximum absolute atomic E-state index is 12.7. The Bertz CT molecular complexity index is 1610. The summed E-state index contributed by atoms with van der Waals surface area (Å²) >= 11 is 5.93. The molecule has 4 heterocycles. The van der Waals surface area contributed by atoms with Crippen LogP contribution in [0.2, 0.25) is 5.02 Å². The quantitative estimate of drug-likeness (QED) is 0.438. The first kappa shape index (κ1) is 21.0. The van der Waals surface area contributed by atoms with Gasteiger partial charge in [0, 0.05) is 24.0 Å². The van der Waals surface area contributed by atoms with Crippen molar-refractivity contribution in [3.05, 3.63) is 87.9 Å². The van der Waals surface area contributed by atoms with Gasteiger partial charge in [0.05, 0.1) is 28.5 Å². The van der Waals surface area contributed by atoms with Gasteiger partial charge in [0.15, 0.2) is 0 Å². The van der Waals surface area contributed by atoms with Crippen molar-refractivity contribution in [2.24, 2.45) is 4.40 Å². The molecule has 0 amide bonds. The Morgan fingerprint density at radius 1 is 1.09 bits per heavy atom. The third-order valence-electron chi connectivity index (χ3n) is 4.89. The van der Waals surface area contributed by atoms with Crippen molar-refractivity contribution >= 4 is 38.7 Å². The van der Waals surface area contributed by atoms with Crippen LogP contribution in [0.4, 0.5) is 0 Å². The predicted octanol–water partition coefficient (Wildman–Crippen LogP) is 2.96. The summed E-state index contributed by atoms with van der Waals surface area (Å²) < 4.78 is 36.8. The van der Waals surface area contributed by atoms with E-state index in [-0.39, 0.29) is 29.4 Å². The lowest BCUT2D eigenvalue weighted by Gasteiger charge is -2.22. The summed E-state index contributed by atoms with van der Waals surface area (Å²) in [5.41, 5.74) is 1.50. The molecule has 5 rings (SSSR count). The SMILES string of the molecule is CC1=NS(=O)(=O)N(Cc2cc(=O)n3cc(Cl)ccc3n2)C=C1c1nc(-c2ccccc2)no1. The highest BCUT2D eigenvalue weighted by Crippen LogP contribution is 2.26. The van der Waals surface area contributed by atoms with Gasteiger partial charge in [-0.3, -0.25) is 13.5 Å². The Morgan fingerprint density at radius 2 is 1.88 bits per heavy atom. The predicted molar refractivity (Wildman–Crippen MR) is 122 cm³/mol. The highest BCUT2D eigenvalue weighted by molar-refractivity contribution is 7.88. The molecular weight excluding hydrogens is 468 g/mol. The van der Waals surface area contributed by atoms with Gasteiger partial charge in [-0.05, 0) is 19.1 Å². The Balaban J connectivity index is 1.51. The number of aromatic nitrogens is 4. The maximum atomic E-state index is 12.7. The Kier molecular flexibility index (Phi) is 5.06. The lowest BCUT2D eigenvalue weighted by Crippen LogP contribution is -2.30. The van der Waals surface area contributed by atoms with Crippen molar-refractivity contribution in [1.82, 2.24) is 23.8 Å². The first-order chi connectivity index (χ1) is 15.8. The first-order valence-electron chi connectivity index (χ1n) is 9.68. The minimum absolute atomic E-state index is 0.121. The largest absolute Gasteiger partial charge is 0.344 e. The zero-order chi connectivity index (χ0) is 23.2. The van der Waals surface area contributed by atoms with Crippen molar-refractivity contribution in [3.63, 3.8) is 0 Å². The molecule has 0 fully saturated rings. The molecular formula is C21H15ClN6O4S. The molecule has 1 aliphatic heterocycles. The number of rotatable bonds is 4. The summed E-state index contributed by atoms with van der Waals surface area (Å²) in [6.45, 7) is 1.33. The van der Waals surface area contributed by atoms with Gasteiger partial charge in [-0.2, -0.15) is 13.4 Å². The van der Waals surface area contributed by atoms with E-state index < -0.39 is 10.2 Å². The standard InChI is InChI=1S/C21H15ClN6O4S/c1-13-17(21-24-20(25-32-21)14-5-3-2-4-6-14)12-27(33(30,31)26-13)11-16-9-19(29)28-10-15(22)7-8-18(28)23-16/h2-10,12H,11H2,1H3. The van der Waals surface area contributed by atoms with Crippen molar-refractivity contribution < 1.29 is 12.9 Å². The molecule has 3 aromatic heterocycles. The highest BCUT2D eigenvalue weighted by atomic mass is 35.5. The number of fused-ring (bicyclic) bond motifs is 1. The number of halogens is 1. The number of pyridine rings is 1. The zero-order valence-corrected chi connectivity index (χ0v) is 18.7. The number of hydrogen-bond donors (Lipinski definition) is 0. The van der Waals surface area contributed by atoms with E-state index in [9.17, 15) is 13.2 Å². The normalized spacial score (nSPS) is 15.4. The fraction of sp³-hybridized carbons (Fsp3) is 0.0952. The minimum Gasteiger partial charge on any atom is -0.333 e. The van der Waals surface area contributed by atoms with Crippen LogP contribution in [0.3, 0.4) is 0 Å². The molecule has 0 saturated carbocycles. The summed E-state index contributed by atoms with van der Waals surface area (Å²) in [6, 6.07) is 13.6. The topological polar surface area (TPSA) is 123 Å². The molecule has 0 atom stereocenters. The van der Waals surface area contributed by atoms with Gasteiger partial charge in [0.1, 0.15) is 5.65 Å². The zero-order valence-electron chi connectivity index (χ0n) is 17.1. The van der Waals surface area contributed by atoms with E-state index in [1.54, 1.807) is 12.1 Å². The molecule has 166 valence electrons. The molecule has 0 radical (unpaired) electrons. The van der Waals surface area contributed by atoms with Gasteiger partial charge in [0.25, 0.3) is 11.4 Å². The van der Waals surface area contributed by atoms with Crippen LogP contribution in [0.15, 0.2) is 74.6 Å². The summed E-state index contributed by atoms with van der Waals surface area (Å²) in [4.78, 5) is 21.2. The molecule has 1 aliphatic rings. The van der Waals surface area contributed by atoms with E-state index in [1.165, 1.54) is 29.8 Å². The molecule has 0 saturated heterocycles. The second-order valence-corrected chi connectivity index (χ2v) is 9.18. The Hall–Kier alpha value is -3.83. The van der Waals surface area contributed by atoms with Crippen molar-refractivity contribution in [3.8, 4) is 11.4 Å². The third kappa shape index (κ3) is 4.03. The van der Waals surface area contributed by atoms with Crippen LogP contribution in [0.5, 0.6) is 0 Å². The van der Waals surface area contributed by atoms with Crippen LogP contribution in [0, 0.1) is 0 Å². The second-order valence-electron chi connectivity index (χ2n) is 7.19. The maximum Gasteiger partial charge on any atom is 0.344 e. The van der Waals surface area contributed by atoms with Crippen molar-refractivity contribution in [1.29, 1.82) is 0 Å². The van der Waals surface area contributed by atoms with E-state index in [1.807, 2.05) is 30.3 Å². The molecule has 12 heteroatoms. The smallest absolute Gasteiger partial charge is 0.333 e. The molecule has 4 aromatic rings. The van der Waals surface area contributed by atoms with Gasteiger partial charge in [0.2, 0.25) is 5.82 Å². The van der Waals surface area contributed by atoms with E-state index in [2.05, 4.69) is 19.5 Å². The number of hydrogen-bond acceptors (Lipinski definition) is 7. The summed E-state index contributed by atoms with van der Waals surface area (Å²) in [6.07, 6.45) is 2.80. The lowest BCUT2D eigenvalue weighted by atomic mass is 10.2. The molecule has 0 aliphatic carbocycles. The first-order valence-corrected chi connectivity index (χ1v) is 11.5. The van der Waals surface area contributed by atoms with E-state index in [0.717, 1.165) is 9.87 Å². The fourth-order valence-corrected chi connectivity index (χ4v) is 4.56. The van der Waals surface area contributed by atoms with Crippen molar-refractivity contribution in [2.75, 3.05) is 0 Å². The van der Waals surface area contributed by atoms with Gasteiger partial charge in [-0.1, -0.05) is 47.1 Å². The van der Waals surface area contributed by atoms with Gasteiger partial charge in [-0.15, -0.1) is 4.40 Å². The van der Waals surface area contributed by atoms with Crippen LogP contribution in [-0.2, 0) is 16.8 Å². The molecule has 0 unspecified atom stereocenters. The molecule has 10 nitrogen and oxygen atoms in total. The molecule has 1 aromatic carbocycles. The van der Waals surface area contributed by atoms with Crippen LogP contribution >= 0.6 is 11.6 Å². The van der Waals surface area contributed by atoms with Crippen LogP contribution < -0.4 is 5.56 Å². The Labute approximate surface area is 192 Å². The number of allylic oxidation sites excluding steroid dienone is 1. The minimum atomic E-state index is -4.04. The van der Waals surface area contributed by atoms with Gasteiger partial charge >= 0.3 is 10.2 Å². The summed E-state index contributed by atoms with van der Waals surface area (Å²) in [5, 5.41) is 4.36. The van der Waals surface area contributed by atoms with Crippen LogP contribution in [0.25, 0.3) is 22.6 Å². The van der Waals surface area contributed by atoms with Gasteiger partial charge in [-0.25, -0.2) is 4.98 Å². The highest BCUT2D eigenvalue weighted by Gasteiger charge is 2.29. The monoisotopic (exact) mass is 482 g/mol. The van der Waals surface area contributed by atoms with Crippen LogP contribution in [0.1, 0.15) is 18.5 Å². The molecule has 0 bridgehead atoms. The number of nitrogens with zero attached hydrogens (tertiary/aromatic N) is 6. The third-order valence-corrected chi connectivity index (χ3v) is 6.45. The van der Waals surface area contributed by atoms with Crippen LogP contribution in [-0.4, -0.2) is 38.0 Å². The lowest BCUT2D eigenvalue weighted by molar-refractivity contribution is 0.408.